The maximum atomic E-state index is 14.2. The Morgan fingerprint density at radius 2 is 1.60 bits per heavy atom. The van der Waals surface area contributed by atoms with Crippen LogP contribution < -0.4 is 21.3 Å². The predicted molar refractivity (Wildman–Crippen MR) is 196 cm³/mol. The van der Waals surface area contributed by atoms with Crippen LogP contribution in [0.4, 0.5) is 4.79 Å². The van der Waals surface area contributed by atoms with Crippen molar-refractivity contribution in [2.45, 2.75) is 154 Å². The third-order valence-electron chi connectivity index (χ3n) is 10.9. The maximum Gasteiger partial charge on any atom is 0.315 e. The van der Waals surface area contributed by atoms with E-state index in [0.717, 1.165) is 38.5 Å². The van der Waals surface area contributed by atoms with E-state index in [-0.39, 0.29) is 24.1 Å². The number of sulfone groups is 1. The van der Waals surface area contributed by atoms with Gasteiger partial charge in [0.25, 0.3) is 5.91 Å². The van der Waals surface area contributed by atoms with E-state index in [4.69, 9.17) is 0 Å². The SMILES string of the molecule is C=CCNC(=O)C(=O)[C@H](CCC1CC1)NC(=O)[C@@H]1[C@@H](C(C)C)CCN1C(O)[C@@H](NC(=O)NC1(CS(=O)(=O)C(C)(C)C)CCCCC1)C(C)(C)C. The van der Waals surface area contributed by atoms with Crippen molar-refractivity contribution in [2.24, 2.45) is 23.2 Å². The van der Waals surface area contributed by atoms with Crippen molar-refractivity contribution in [1.82, 2.24) is 26.2 Å². The van der Waals surface area contributed by atoms with E-state index in [1.54, 1.807) is 25.7 Å². The van der Waals surface area contributed by atoms with Gasteiger partial charge in [-0.3, -0.25) is 19.3 Å². The second kappa shape index (κ2) is 16.9. The first kappa shape index (κ1) is 41.9. The van der Waals surface area contributed by atoms with Gasteiger partial charge in [-0.05, 0) is 76.0 Å². The number of urea groups is 1. The van der Waals surface area contributed by atoms with Crippen molar-refractivity contribution in [2.75, 3.05) is 18.8 Å². The molecule has 0 radical (unpaired) electrons. The zero-order valence-electron chi connectivity index (χ0n) is 31.8. The molecule has 1 heterocycles. The van der Waals surface area contributed by atoms with Crippen molar-refractivity contribution < 1.29 is 32.7 Å². The number of amides is 4. The summed E-state index contributed by atoms with van der Waals surface area (Å²) in [5.41, 5.74) is -1.60. The van der Waals surface area contributed by atoms with Crippen LogP contribution in [0.15, 0.2) is 12.7 Å². The van der Waals surface area contributed by atoms with Gasteiger partial charge >= 0.3 is 6.03 Å². The zero-order valence-corrected chi connectivity index (χ0v) is 32.6. The highest BCUT2D eigenvalue weighted by atomic mass is 32.2. The summed E-state index contributed by atoms with van der Waals surface area (Å²) in [5.74, 6) is -1.68. The van der Waals surface area contributed by atoms with Gasteiger partial charge in [-0.2, -0.15) is 0 Å². The number of aliphatic hydroxyl groups is 1. The fourth-order valence-corrected chi connectivity index (χ4v) is 8.91. The smallest absolute Gasteiger partial charge is 0.315 e. The average Bonchev–Trinajstić information content (AvgIpc) is 3.73. The molecular formula is C37H65N5O7S. The Labute approximate surface area is 300 Å². The summed E-state index contributed by atoms with van der Waals surface area (Å²) in [4.78, 5) is 55.6. The topological polar surface area (TPSA) is 174 Å². The van der Waals surface area contributed by atoms with Crippen LogP contribution in [0.3, 0.4) is 0 Å². The minimum Gasteiger partial charge on any atom is -0.376 e. The molecule has 1 saturated heterocycles. The quantitative estimate of drug-likeness (QED) is 0.118. The Morgan fingerprint density at radius 3 is 2.12 bits per heavy atom. The summed E-state index contributed by atoms with van der Waals surface area (Å²) < 4.78 is 25.7. The molecule has 4 amide bonds. The molecular weight excluding hydrogens is 659 g/mol. The molecule has 0 bridgehead atoms. The number of Topliss-reactive ketones (excluding diaryl/α,β-unsaturated/α-hetero) is 1. The highest BCUT2D eigenvalue weighted by Gasteiger charge is 2.49. The first-order chi connectivity index (χ1) is 23.1. The second-order valence-electron chi connectivity index (χ2n) is 17.4. The Kier molecular flexibility index (Phi) is 14.1. The standard InChI is InChI=1S/C37H65N5O7S/c1-10-21-38-32(45)29(43)27(17-16-25-14-15-25)39-31(44)28-26(24(2)3)18-22-42(28)33(46)30(35(4,5)6)40-34(47)41-37(19-12-11-13-20-37)23-50(48,49)36(7,8)9/h10,24-28,30,33,46H,1,11-23H2,2-9H3,(H,38,45)(H,39,44)(H2,40,41,47)/t26-,27+,28+,30-,33?/m1/s1. The second-order valence-corrected chi connectivity index (χ2v) is 20.1. The first-order valence-electron chi connectivity index (χ1n) is 18.6. The molecule has 0 aromatic carbocycles. The summed E-state index contributed by atoms with van der Waals surface area (Å²) >= 11 is 0. The number of rotatable bonds is 16. The number of hydrogen-bond acceptors (Lipinski definition) is 8. The van der Waals surface area contributed by atoms with Crippen LogP contribution in [0.1, 0.15) is 120 Å². The number of carbonyl (C=O) groups is 4. The lowest BCUT2D eigenvalue weighted by Crippen LogP contribution is -2.65. The maximum absolute atomic E-state index is 14.2. The van der Waals surface area contributed by atoms with Crippen molar-refractivity contribution in [3.8, 4) is 0 Å². The van der Waals surface area contributed by atoms with E-state index in [9.17, 15) is 32.7 Å². The minimum atomic E-state index is -3.55. The lowest BCUT2D eigenvalue weighted by molar-refractivity contribution is -0.142. The monoisotopic (exact) mass is 723 g/mol. The van der Waals surface area contributed by atoms with Crippen LogP contribution >= 0.6 is 0 Å². The highest BCUT2D eigenvalue weighted by Crippen LogP contribution is 2.37. The molecule has 50 heavy (non-hydrogen) atoms. The van der Waals surface area contributed by atoms with Crippen LogP contribution in [0, 0.1) is 23.2 Å². The Balaban J connectivity index is 1.85. The normalized spacial score (nSPS) is 23.4. The Bertz CT molecular complexity index is 1330. The number of nitrogens with zero attached hydrogens (tertiary/aromatic N) is 1. The molecule has 5 N–H and O–H groups in total. The lowest BCUT2D eigenvalue weighted by atomic mass is 9.82. The molecule has 3 aliphatic rings. The summed E-state index contributed by atoms with van der Waals surface area (Å²) in [6.07, 6.45) is 7.65. The van der Waals surface area contributed by atoms with E-state index in [0.29, 0.717) is 38.1 Å². The molecule has 5 atom stereocenters. The van der Waals surface area contributed by atoms with Gasteiger partial charge in [-0.1, -0.05) is 72.8 Å². The molecule has 0 aromatic heterocycles. The first-order valence-corrected chi connectivity index (χ1v) is 20.3. The molecule has 0 spiro atoms. The molecule has 0 aromatic rings. The highest BCUT2D eigenvalue weighted by molar-refractivity contribution is 7.92. The van der Waals surface area contributed by atoms with Gasteiger partial charge in [0.15, 0.2) is 9.84 Å². The Hall–Kier alpha value is -2.51. The molecule has 2 aliphatic carbocycles. The number of hydrogen-bond donors (Lipinski definition) is 5. The largest absolute Gasteiger partial charge is 0.376 e. The number of ketones is 1. The van der Waals surface area contributed by atoms with Gasteiger partial charge in [0.1, 0.15) is 6.23 Å². The zero-order chi connectivity index (χ0) is 37.7. The van der Waals surface area contributed by atoms with Gasteiger partial charge in [-0.15, -0.1) is 6.58 Å². The van der Waals surface area contributed by atoms with Gasteiger partial charge in [0, 0.05) is 13.1 Å². The Morgan fingerprint density at radius 1 is 0.980 bits per heavy atom. The molecule has 286 valence electrons. The van der Waals surface area contributed by atoms with Crippen molar-refractivity contribution in [1.29, 1.82) is 0 Å². The molecule has 13 heteroatoms. The van der Waals surface area contributed by atoms with Crippen molar-refractivity contribution >= 4 is 33.5 Å². The van der Waals surface area contributed by atoms with Gasteiger partial charge < -0.3 is 26.4 Å². The van der Waals surface area contributed by atoms with Crippen LogP contribution in [0.2, 0.25) is 0 Å². The fraction of sp³-hybridized carbons (Fsp3) is 0.838. The number of aliphatic hydroxyl groups excluding tert-OH is 1. The number of likely N-dealkylation sites (tertiary alicyclic amines) is 1. The van der Waals surface area contributed by atoms with Gasteiger partial charge in [-0.25, -0.2) is 13.2 Å². The predicted octanol–water partition coefficient (Wildman–Crippen LogP) is 3.83. The van der Waals surface area contributed by atoms with Crippen LogP contribution in [0.5, 0.6) is 0 Å². The van der Waals surface area contributed by atoms with E-state index in [1.165, 1.54) is 6.08 Å². The lowest BCUT2D eigenvalue weighted by Gasteiger charge is -2.43. The molecule has 3 rings (SSSR count). The summed E-state index contributed by atoms with van der Waals surface area (Å²) in [6.45, 7) is 18.8. The van der Waals surface area contributed by atoms with Gasteiger partial charge in [0.05, 0.1) is 34.2 Å². The van der Waals surface area contributed by atoms with Crippen LogP contribution in [-0.4, -0.2) is 95.5 Å². The van der Waals surface area contributed by atoms with Crippen LogP contribution in [-0.2, 0) is 24.2 Å². The summed E-state index contributed by atoms with van der Waals surface area (Å²) in [6, 6.07) is -3.22. The third-order valence-corrected chi connectivity index (χ3v) is 13.7. The van der Waals surface area contributed by atoms with Crippen molar-refractivity contribution in [3.63, 3.8) is 0 Å². The molecule has 3 fully saturated rings. The third kappa shape index (κ3) is 11.0. The minimum absolute atomic E-state index is 0.0692. The number of nitrogens with one attached hydrogen (secondary N) is 4. The molecule has 12 nitrogen and oxygen atoms in total. The van der Waals surface area contributed by atoms with E-state index in [1.807, 2.05) is 34.6 Å². The fourth-order valence-electron chi connectivity index (χ4n) is 7.39. The molecule has 1 aliphatic heterocycles. The molecule has 2 saturated carbocycles. The van der Waals surface area contributed by atoms with Gasteiger partial charge in [0.2, 0.25) is 11.7 Å². The molecule has 1 unspecified atom stereocenters. The summed E-state index contributed by atoms with van der Waals surface area (Å²) in [5, 5.41) is 23.5. The van der Waals surface area contributed by atoms with E-state index in [2.05, 4.69) is 27.8 Å². The summed E-state index contributed by atoms with van der Waals surface area (Å²) in [7, 11) is -3.55. The van der Waals surface area contributed by atoms with E-state index < -0.39 is 73.5 Å². The average molecular weight is 724 g/mol. The van der Waals surface area contributed by atoms with Crippen LogP contribution in [0.25, 0.3) is 0 Å². The number of carbonyl (C=O) groups excluding carboxylic acids is 4. The van der Waals surface area contributed by atoms with E-state index >= 15 is 0 Å². The van der Waals surface area contributed by atoms with Crippen molar-refractivity contribution in [3.05, 3.63) is 12.7 Å².